The lowest BCUT2D eigenvalue weighted by Gasteiger charge is -2.30. The van der Waals surface area contributed by atoms with Crippen LogP contribution in [0.1, 0.15) is 47.8 Å². The molecular formula is C23H30N4O2. The Labute approximate surface area is 172 Å². The molecule has 0 bridgehead atoms. The van der Waals surface area contributed by atoms with Crippen LogP contribution >= 0.6 is 0 Å². The van der Waals surface area contributed by atoms with Gasteiger partial charge in [-0.3, -0.25) is 14.6 Å². The number of carbonyl (C=O) groups is 2. The van der Waals surface area contributed by atoms with E-state index in [1.165, 1.54) is 12.8 Å². The largest absolute Gasteiger partial charge is 0.366 e. The normalized spacial score (nSPS) is 17.1. The van der Waals surface area contributed by atoms with E-state index in [2.05, 4.69) is 22.1 Å². The Morgan fingerprint density at radius 1 is 1.21 bits per heavy atom. The van der Waals surface area contributed by atoms with Crippen LogP contribution in [0, 0.1) is 12.8 Å². The second-order valence-corrected chi connectivity index (χ2v) is 7.97. The van der Waals surface area contributed by atoms with Crippen molar-refractivity contribution in [2.45, 2.75) is 39.7 Å². The van der Waals surface area contributed by atoms with E-state index in [9.17, 15) is 9.59 Å². The molecule has 0 saturated carbocycles. The molecule has 1 aromatic carbocycles. The van der Waals surface area contributed by atoms with Gasteiger partial charge < -0.3 is 16.0 Å². The average molecular weight is 395 g/mol. The van der Waals surface area contributed by atoms with Crippen molar-refractivity contribution < 1.29 is 9.59 Å². The fraction of sp³-hybridized carbons (Fsp3) is 0.435. The van der Waals surface area contributed by atoms with Gasteiger partial charge in [-0.15, -0.1) is 0 Å². The molecule has 6 heteroatoms. The minimum atomic E-state index is -0.470. The van der Waals surface area contributed by atoms with E-state index in [1.54, 1.807) is 19.1 Å². The Balaban J connectivity index is 1.49. The van der Waals surface area contributed by atoms with Gasteiger partial charge in [0.25, 0.3) is 5.91 Å². The summed E-state index contributed by atoms with van der Waals surface area (Å²) in [5.41, 5.74) is 9.18. The van der Waals surface area contributed by atoms with Crippen molar-refractivity contribution in [2.75, 3.05) is 19.6 Å². The molecule has 6 nitrogen and oxygen atoms in total. The number of nitrogens with one attached hydrogen (secondary N) is 1. The number of pyridine rings is 1. The smallest absolute Gasteiger partial charge is 0.250 e. The highest BCUT2D eigenvalue weighted by molar-refractivity contribution is 5.94. The molecule has 2 heterocycles. The second kappa shape index (κ2) is 9.65. The van der Waals surface area contributed by atoms with Crippen LogP contribution in [0.5, 0.6) is 0 Å². The first kappa shape index (κ1) is 21.0. The van der Waals surface area contributed by atoms with Crippen LogP contribution in [0.3, 0.4) is 0 Å². The summed E-state index contributed by atoms with van der Waals surface area (Å²) in [4.78, 5) is 30.4. The topological polar surface area (TPSA) is 88.3 Å². The average Bonchev–Trinajstić information content (AvgIpc) is 2.71. The van der Waals surface area contributed by atoms with E-state index in [0.717, 1.165) is 42.4 Å². The lowest BCUT2D eigenvalue weighted by molar-refractivity contribution is -0.121. The van der Waals surface area contributed by atoms with Crippen molar-refractivity contribution >= 4 is 11.8 Å². The van der Waals surface area contributed by atoms with E-state index in [1.807, 2.05) is 24.3 Å². The third-order valence-corrected chi connectivity index (χ3v) is 5.49. The van der Waals surface area contributed by atoms with Gasteiger partial charge in [0.15, 0.2) is 0 Å². The van der Waals surface area contributed by atoms with Gasteiger partial charge in [-0.1, -0.05) is 31.2 Å². The zero-order valence-electron chi connectivity index (χ0n) is 17.3. The number of benzene rings is 1. The van der Waals surface area contributed by atoms with E-state index in [-0.39, 0.29) is 5.91 Å². The van der Waals surface area contributed by atoms with E-state index in [0.29, 0.717) is 24.2 Å². The van der Waals surface area contributed by atoms with Gasteiger partial charge in [0.1, 0.15) is 0 Å². The number of carbonyl (C=O) groups excluding carboxylic acids is 2. The standard InChI is InChI=1S/C23H30N4O2/c1-16-4-3-12-27(15-16)13-11-22(28)25-14-18-5-7-19(8-6-18)21-10-9-20(23(24)29)17(2)26-21/h5-10,16H,3-4,11-15H2,1-2H3,(H2,24,29)(H,25,28)/t16-/m0/s1. The number of rotatable bonds is 7. The molecule has 1 fully saturated rings. The van der Waals surface area contributed by atoms with E-state index >= 15 is 0 Å². The SMILES string of the molecule is Cc1nc(-c2ccc(CNC(=O)CCN3CCC[C@H](C)C3)cc2)ccc1C(N)=O. The zero-order valence-corrected chi connectivity index (χ0v) is 17.3. The lowest BCUT2D eigenvalue weighted by atomic mass is 10.0. The Kier molecular flexibility index (Phi) is 6.99. The maximum atomic E-state index is 12.2. The molecule has 1 aromatic heterocycles. The first-order valence-electron chi connectivity index (χ1n) is 10.3. The molecule has 0 radical (unpaired) electrons. The summed E-state index contributed by atoms with van der Waals surface area (Å²) in [6.45, 7) is 7.61. The molecule has 1 saturated heterocycles. The van der Waals surface area contributed by atoms with Gasteiger partial charge in [-0.25, -0.2) is 0 Å². The van der Waals surface area contributed by atoms with Crippen molar-refractivity contribution in [1.29, 1.82) is 0 Å². The van der Waals surface area contributed by atoms with E-state index in [4.69, 9.17) is 5.73 Å². The molecule has 1 atom stereocenters. The third-order valence-electron chi connectivity index (χ3n) is 5.49. The van der Waals surface area contributed by atoms with Crippen molar-refractivity contribution in [1.82, 2.24) is 15.2 Å². The fourth-order valence-corrected chi connectivity index (χ4v) is 3.81. The van der Waals surface area contributed by atoms with Crippen LogP contribution in [0.15, 0.2) is 36.4 Å². The molecule has 0 unspecified atom stereocenters. The maximum Gasteiger partial charge on any atom is 0.250 e. The van der Waals surface area contributed by atoms with Crippen LogP contribution in [0.2, 0.25) is 0 Å². The first-order valence-corrected chi connectivity index (χ1v) is 10.3. The number of primary amides is 1. The Morgan fingerprint density at radius 2 is 1.97 bits per heavy atom. The number of aryl methyl sites for hydroxylation is 1. The molecule has 0 aliphatic carbocycles. The van der Waals surface area contributed by atoms with Crippen LogP contribution in [0.25, 0.3) is 11.3 Å². The quantitative estimate of drug-likeness (QED) is 0.756. The highest BCUT2D eigenvalue weighted by atomic mass is 16.1. The van der Waals surface area contributed by atoms with Crippen LogP contribution in [-0.2, 0) is 11.3 Å². The van der Waals surface area contributed by atoms with Crippen molar-refractivity contribution in [2.24, 2.45) is 11.7 Å². The number of hydrogen-bond acceptors (Lipinski definition) is 4. The summed E-state index contributed by atoms with van der Waals surface area (Å²) >= 11 is 0. The predicted molar refractivity (Wildman–Crippen MR) is 114 cm³/mol. The number of amides is 2. The van der Waals surface area contributed by atoms with Gasteiger partial charge in [0.05, 0.1) is 17.0 Å². The summed E-state index contributed by atoms with van der Waals surface area (Å²) in [5, 5.41) is 3.01. The fourth-order valence-electron chi connectivity index (χ4n) is 3.81. The van der Waals surface area contributed by atoms with Crippen molar-refractivity contribution in [3.05, 3.63) is 53.2 Å². The van der Waals surface area contributed by atoms with Gasteiger partial charge in [-0.05, 0) is 49.9 Å². The highest BCUT2D eigenvalue weighted by Crippen LogP contribution is 2.20. The molecule has 3 rings (SSSR count). The monoisotopic (exact) mass is 394 g/mol. The number of hydrogen-bond donors (Lipinski definition) is 2. The molecule has 2 aromatic rings. The predicted octanol–water partition coefficient (Wildman–Crippen LogP) is 2.89. The summed E-state index contributed by atoms with van der Waals surface area (Å²) in [5.74, 6) is 0.352. The maximum absolute atomic E-state index is 12.2. The molecular weight excluding hydrogens is 364 g/mol. The summed E-state index contributed by atoms with van der Waals surface area (Å²) < 4.78 is 0. The molecule has 1 aliphatic heterocycles. The Hall–Kier alpha value is -2.73. The molecule has 29 heavy (non-hydrogen) atoms. The Bertz CT molecular complexity index is 864. The molecule has 154 valence electrons. The van der Waals surface area contributed by atoms with Gasteiger partial charge in [0, 0.05) is 31.6 Å². The van der Waals surface area contributed by atoms with Crippen LogP contribution in [-0.4, -0.2) is 41.3 Å². The third kappa shape index (κ3) is 5.87. The molecule has 0 spiro atoms. The number of piperidine rings is 1. The second-order valence-electron chi connectivity index (χ2n) is 7.97. The lowest BCUT2D eigenvalue weighted by Crippen LogP contribution is -2.37. The molecule has 2 amide bonds. The van der Waals surface area contributed by atoms with Gasteiger partial charge in [0.2, 0.25) is 5.91 Å². The number of nitrogens with zero attached hydrogens (tertiary/aromatic N) is 2. The number of aromatic nitrogens is 1. The first-order chi connectivity index (χ1) is 13.9. The molecule has 3 N–H and O–H groups in total. The molecule has 1 aliphatic rings. The van der Waals surface area contributed by atoms with Crippen LogP contribution < -0.4 is 11.1 Å². The van der Waals surface area contributed by atoms with Crippen LogP contribution in [0.4, 0.5) is 0 Å². The van der Waals surface area contributed by atoms with E-state index < -0.39 is 5.91 Å². The highest BCUT2D eigenvalue weighted by Gasteiger charge is 2.16. The minimum Gasteiger partial charge on any atom is -0.366 e. The van der Waals surface area contributed by atoms with Crippen molar-refractivity contribution in [3.8, 4) is 11.3 Å². The zero-order chi connectivity index (χ0) is 20.8. The summed E-state index contributed by atoms with van der Waals surface area (Å²) in [6, 6.07) is 11.4. The number of nitrogens with two attached hydrogens (primary N) is 1. The van der Waals surface area contributed by atoms with Gasteiger partial charge >= 0.3 is 0 Å². The summed E-state index contributed by atoms with van der Waals surface area (Å²) in [7, 11) is 0. The Morgan fingerprint density at radius 3 is 2.62 bits per heavy atom. The van der Waals surface area contributed by atoms with Gasteiger partial charge in [-0.2, -0.15) is 0 Å². The number of likely N-dealkylation sites (tertiary alicyclic amines) is 1. The van der Waals surface area contributed by atoms with Crippen molar-refractivity contribution in [3.63, 3.8) is 0 Å². The minimum absolute atomic E-state index is 0.0895. The summed E-state index contributed by atoms with van der Waals surface area (Å²) in [6.07, 6.45) is 3.07.